The minimum absolute atomic E-state index is 0.0615. The lowest BCUT2D eigenvalue weighted by atomic mass is 9.87. The molecule has 1 spiro atoms. The maximum absolute atomic E-state index is 12.8. The number of aromatic nitrogens is 1. The quantitative estimate of drug-likeness (QED) is 0.810. The molecule has 3 heterocycles. The third-order valence-electron chi connectivity index (χ3n) is 4.91. The molecule has 0 bridgehead atoms. The van der Waals surface area contributed by atoms with Gasteiger partial charge in [0.2, 0.25) is 0 Å². The van der Waals surface area contributed by atoms with Gasteiger partial charge < -0.3 is 14.8 Å². The smallest absolute Gasteiger partial charge is 0.322 e. The van der Waals surface area contributed by atoms with Crippen LogP contribution in [0, 0.1) is 0 Å². The summed E-state index contributed by atoms with van der Waals surface area (Å²) in [5.41, 5.74) is 0.676. The Morgan fingerprint density at radius 1 is 1.04 bits per heavy atom. The summed E-state index contributed by atoms with van der Waals surface area (Å²) in [5.74, 6) is -0.354. The van der Waals surface area contributed by atoms with E-state index in [0.717, 1.165) is 5.69 Å². The van der Waals surface area contributed by atoms with Gasteiger partial charge in [-0.3, -0.25) is 14.9 Å². The second-order valence-electron chi connectivity index (χ2n) is 6.42. The van der Waals surface area contributed by atoms with Crippen LogP contribution in [0.25, 0.3) is 5.69 Å². The highest BCUT2D eigenvalue weighted by atomic mass is 16.2. The van der Waals surface area contributed by atoms with Crippen LogP contribution < -0.4 is 10.6 Å². The van der Waals surface area contributed by atoms with Crippen LogP contribution in [0.1, 0.15) is 23.2 Å². The number of nitrogens with zero attached hydrogens (tertiary/aromatic N) is 2. The van der Waals surface area contributed by atoms with E-state index in [-0.39, 0.29) is 11.8 Å². The standard InChI is InChI=1S/C18H18N4O3/c23-15(13-4-3-5-14(12-13)21-8-1-2-9-21)22-10-6-18(7-11-22)16(24)19-17(25)20-18/h1-5,8-9,12H,6-7,10-11H2,(H2,19,20,24,25). The van der Waals surface area contributed by atoms with Crippen LogP contribution in [0.3, 0.4) is 0 Å². The van der Waals surface area contributed by atoms with Gasteiger partial charge in [-0.2, -0.15) is 0 Å². The van der Waals surface area contributed by atoms with Crippen molar-refractivity contribution < 1.29 is 14.4 Å². The fraction of sp³-hybridized carbons (Fsp3) is 0.278. The lowest BCUT2D eigenvalue weighted by molar-refractivity contribution is -0.125. The van der Waals surface area contributed by atoms with Crippen molar-refractivity contribution in [1.82, 2.24) is 20.1 Å². The molecule has 0 radical (unpaired) electrons. The van der Waals surface area contributed by atoms with Crippen molar-refractivity contribution in [2.45, 2.75) is 18.4 Å². The Hall–Kier alpha value is -3.09. The van der Waals surface area contributed by atoms with E-state index >= 15 is 0 Å². The van der Waals surface area contributed by atoms with Gasteiger partial charge in [0.05, 0.1) is 0 Å². The maximum atomic E-state index is 12.8. The Morgan fingerprint density at radius 3 is 2.40 bits per heavy atom. The predicted octanol–water partition coefficient (Wildman–Crippen LogP) is 1.29. The first kappa shape index (κ1) is 15.4. The summed E-state index contributed by atoms with van der Waals surface area (Å²) in [4.78, 5) is 37.9. The second-order valence-corrected chi connectivity index (χ2v) is 6.42. The minimum Gasteiger partial charge on any atom is -0.338 e. The fourth-order valence-corrected chi connectivity index (χ4v) is 3.46. The number of carbonyl (C=O) groups is 3. The number of urea groups is 1. The number of imide groups is 1. The summed E-state index contributed by atoms with van der Waals surface area (Å²) in [6.07, 6.45) is 4.70. The number of nitrogens with one attached hydrogen (secondary N) is 2. The molecule has 2 fully saturated rings. The van der Waals surface area contributed by atoms with Gasteiger partial charge in [0, 0.05) is 36.7 Å². The fourth-order valence-electron chi connectivity index (χ4n) is 3.46. The normalized spacial score (nSPS) is 19.0. The highest BCUT2D eigenvalue weighted by Gasteiger charge is 2.48. The third kappa shape index (κ3) is 2.67. The Balaban J connectivity index is 1.49. The van der Waals surface area contributed by atoms with Gasteiger partial charge >= 0.3 is 6.03 Å². The van der Waals surface area contributed by atoms with Crippen molar-refractivity contribution in [3.05, 3.63) is 54.4 Å². The first-order valence-electron chi connectivity index (χ1n) is 8.24. The molecule has 2 saturated heterocycles. The van der Waals surface area contributed by atoms with Crippen LogP contribution >= 0.6 is 0 Å². The molecule has 0 saturated carbocycles. The van der Waals surface area contributed by atoms with Crippen LogP contribution in [0.15, 0.2) is 48.8 Å². The Labute approximate surface area is 144 Å². The molecular formula is C18H18N4O3. The van der Waals surface area contributed by atoms with Crippen LogP contribution in [0.5, 0.6) is 0 Å². The summed E-state index contributed by atoms with van der Waals surface area (Å²) in [6.45, 7) is 0.862. The summed E-state index contributed by atoms with van der Waals surface area (Å²) in [7, 11) is 0. The molecule has 4 amide bonds. The number of amides is 4. The number of piperidine rings is 1. The Kier molecular flexibility index (Phi) is 3.56. The molecule has 0 atom stereocenters. The lowest BCUT2D eigenvalue weighted by Gasteiger charge is -2.37. The molecule has 2 aliphatic rings. The summed E-state index contributed by atoms with van der Waals surface area (Å²) in [5, 5.41) is 4.99. The number of rotatable bonds is 2. The number of carbonyl (C=O) groups excluding carboxylic acids is 3. The molecule has 2 aromatic rings. The molecule has 0 aliphatic carbocycles. The van der Waals surface area contributed by atoms with Crippen LogP contribution in [-0.4, -0.2) is 45.9 Å². The van der Waals surface area contributed by atoms with Crippen LogP contribution in [-0.2, 0) is 4.79 Å². The van der Waals surface area contributed by atoms with Crippen molar-refractivity contribution >= 4 is 17.8 Å². The van der Waals surface area contributed by atoms with Crippen LogP contribution in [0.2, 0.25) is 0 Å². The zero-order valence-electron chi connectivity index (χ0n) is 13.6. The van der Waals surface area contributed by atoms with E-state index in [9.17, 15) is 14.4 Å². The molecule has 4 rings (SSSR count). The number of likely N-dealkylation sites (tertiary alicyclic amines) is 1. The molecule has 7 heteroatoms. The van der Waals surface area contributed by atoms with E-state index < -0.39 is 11.6 Å². The first-order valence-corrected chi connectivity index (χ1v) is 8.24. The predicted molar refractivity (Wildman–Crippen MR) is 90.3 cm³/mol. The highest BCUT2D eigenvalue weighted by molar-refractivity contribution is 6.07. The first-order chi connectivity index (χ1) is 12.1. The summed E-state index contributed by atoms with van der Waals surface area (Å²) >= 11 is 0. The molecule has 128 valence electrons. The average molecular weight is 338 g/mol. The van der Waals surface area contributed by atoms with E-state index in [1.807, 2.05) is 47.3 Å². The van der Waals surface area contributed by atoms with E-state index in [4.69, 9.17) is 0 Å². The van der Waals surface area contributed by atoms with E-state index in [1.165, 1.54) is 0 Å². The number of hydrogen-bond donors (Lipinski definition) is 2. The van der Waals surface area contributed by atoms with Crippen molar-refractivity contribution in [2.75, 3.05) is 13.1 Å². The van der Waals surface area contributed by atoms with Gasteiger partial charge in [0.15, 0.2) is 0 Å². The van der Waals surface area contributed by atoms with Gasteiger partial charge in [-0.15, -0.1) is 0 Å². The van der Waals surface area contributed by atoms with Gasteiger partial charge in [-0.05, 0) is 43.2 Å². The molecule has 1 aromatic heterocycles. The number of hydrogen-bond acceptors (Lipinski definition) is 3. The van der Waals surface area contributed by atoms with E-state index in [0.29, 0.717) is 31.5 Å². The molecule has 1 aromatic carbocycles. The molecule has 2 aliphatic heterocycles. The summed E-state index contributed by atoms with van der Waals surface area (Å²) in [6, 6.07) is 10.9. The molecule has 25 heavy (non-hydrogen) atoms. The van der Waals surface area contributed by atoms with Gasteiger partial charge in [0.25, 0.3) is 11.8 Å². The van der Waals surface area contributed by atoms with Crippen molar-refractivity contribution in [1.29, 1.82) is 0 Å². The second kappa shape index (κ2) is 5.77. The monoisotopic (exact) mass is 338 g/mol. The largest absolute Gasteiger partial charge is 0.338 e. The van der Waals surface area contributed by atoms with Gasteiger partial charge in [-0.1, -0.05) is 6.07 Å². The Bertz CT molecular complexity index is 836. The molecular weight excluding hydrogens is 320 g/mol. The van der Waals surface area contributed by atoms with Gasteiger partial charge in [0.1, 0.15) is 5.54 Å². The van der Waals surface area contributed by atoms with E-state index in [2.05, 4.69) is 10.6 Å². The average Bonchev–Trinajstić information content (AvgIpc) is 3.24. The SMILES string of the molecule is O=C1NC(=O)C2(CCN(C(=O)c3cccc(-n4cccc4)c3)CC2)N1. The highest BCUT2D eigenvalue weighted by Crippen LogP contribution is 2.26. The van der Waals surface area contributed by atoms with Crippen molar-refractivity contribution in [3.63, 3.8) is 0 Å². The summed E-state index contributed by atoms with van der Waals surface area (Å²) < 4.78 is 1.94. The topological polar surface area (TPSA) is 83.4 Å². The van der Waals surface area contributed by atoms with E-state index in [1.54, 1.807) is 11.0 Å². The number of benzene rings is 1. The molecule has 0 unspecified atom stereocenters. The van der Waals surface area contributed by atoms with Crippen molar-refractivity contribution in [2.24, 2.45) is 0 Å². The third-order valence-corrected chi connectivity index (χ3v) is 4.91. The zero-order valence-corrected chi connectivity index (χ0v) is 13.6. The Morgan fingerprint density at radius 2 is 1.76 bits per heavy atom. The van der Waals surface area contributed by atoms with Crippen molar-refractivity contribution in [3.8, 4) is 5.69 Å². The maximum Gasteiger partial charge on any atom is 0.322 e. The molecule has 7 nitrogen and oxygen atoms in total. The zero-order chi connectivity index (χ0) is 17.4. The minimum atomic E-state index is -0.860. The lowest BCUT2D eigenvalue weighted by Crippen LogP contribution is -2.55. The van der Waals surface area contributed by atoms with Gasteiger partial charge in [-0.25, -0.2) is 4.79 Å². The molecule has 2 N–H and O–H groups in total. The van der Waals surface area contributed by atoms with Crippen LogP contribution in [0.4, 0.5) is 4.79 Å².